The van der Waals surface area contributed by atoms with Crippen LogP contribution >= 0.6 is 0 Å². The SMILES string of the molecule is CCC(C)Nc1ccc(-n2cc(-c3cn[nH]c3)ccc2=O)cn1. The molecule has 0 aliphatic heterocycles. The Kier molecular flexibility index (Phi) is 4.23. The van der Waals surface area contributed by atoms with Gasteiger partial charge < -0.3 is 5.32 Å². The van der Waals surface area contributed by atoms with Crippen LogP contribution in [0.2, 0.25) is 0 Å². The molecule has 0 spiro atoms. The van der Waals surface area contributed by atoms with E-state index in [1.807, 2.05) is 12.1 Å². The summed E-state index contributed by atoms with van der Waals surface area (Å²) in [5, 5.41) is 10.0. The zero-order chi connectivity index (χ0) is 16.2. The van der Waals surface area contributed by atoms with Gasteiger partial charge in [-0.1, -0.05) is 6.92 Å². The number of nitrogens with one attached hydrogen (secondary N) is 2. The maximum Gasteiger partial charge on any atom is 0.255 e. The second kappa shape index (κ2) is 6.48. The van der Waals surface area contributed by atoms with E-state index in [-0.39, 0.29) is 5.56 Å². The molecule has 3 rings (SSSR count). The molecule has 3 aromatic rings. The van der Waals surface area contributed by atoms with E-state index in [4.69, 9.17) is 0 Å². The minimum atomic E-state index is -0.0957. The number of aromatic amines is 1. The van der Waals surface area contributed by atoms with Gasteiger partial charge in [0, 0.05) is 35.6 Å². The van der Waals surface area contributed by atoms with E-state index < -0.39 is 0 Å². The first kappa shape index (κ1) is 15.0. The Bertz CT molecular complexity index is 821. The van der Waals surface area contributed by atoms with Crippen LogP contribution in [0.3, 0.4) is 0 Å². The van der Waals surface area contributed by atoms with Gasteiger partial charge in [-0.25, -0.2) is 4.98 Å². The van der Waals surface area contributed by atoms with Gasteiger partial charge in [0.25, 0.3) is 5.56 Å². The van der Waals surface area contributed by atoms with Gasteiger partial charge in [-0.05, 0) is 31.5 Å². The predicted molar refractivity (Wildman–Crippen MR) is 90.8 cm³/mol. The number of anilines is 1. The summed E-state index contributed by atoms with van der Waals surface area (Å²) in [6.45, 7) is 4.22. The van der Waals surface area contributed by atoms with E-state index in [0.717, 1.165) is 29.1 Å². The summed E-state index contributed by atoms with van der Waals surface area (Å²) in [5.41, 5.74) is 2.48. The zero-order valence-corrected chi connectivity index (χ0v) is 13.2. The van der Waals surface area contributed by atoms with Gasteiger partial charge in [0.2, 0.25) is 0 Å². The van der Waals surface area contributed by atoms with E-state index >= 15 is 0 Å². The maximum absolute atomic E-state index is 12.1. The van der Waals surface area contributed by atoms with Gasteiger partial charge in [-0.3, -0.25) is 14.5 Å². The van der Waals surface area contributed by atoms with E-state index in [9.17, 15) is 4.79 Å². The highest BCUT2D eigenvalue weighted by atomic mass is 16.1. The molecule has 3 heterocycles. The summed E-state index contributed by atoms with van der Waals surface area (Å²) in [5.74, 6) is 0.808. The molecule has 0 aromatic carbocycles. The molecule has 6 heteroatoms. The van der Waals surface area contributed by atoms with Gasteiger partial charge in [-0.15, -0.1) is 0 Å². The molecule has 0 saturated carbocycles. The number of H-pyrrole nitrogens is 1. The second-order valence-corrected chi connectivity index (χ2v) is 5.47. The topological polar surface area (TPSA) is 75.6 Å². The van der Waals surface area contributed by atoms with Crippen molar-refractivity contribution in [3.05, 3.63) is 59.4 Å². The fourth-order valence-corrected chi connectivity index (χ4v) is 2.24. The van der Waals surface area contributed by atoms with Crippen molar-refractivity contribution in [2.45, 2.75) is 26.3 Å². The number of rotatable bonds is 5. The first-order valence-corrected chi connectivity index (χ1v) is 7.62. The van der Waals surface area contributed by atoms with Crippen LogP contribution < -0.4 is 10.9 Å². The van der Waals surface area contributed by atoms with E-state index in [1.54, 1.807) is 41.5 Å². The van der Waals surface area contributed by atoms with Crippen molar-refractivity contribution < 1.29 is 0 Å². The van der Waals surface area contributed by atoms with Crippen molar-refractivity contribution in [2.24, 2.45) is 0 Å². The molecule has 0 aliphatic rings. The highest BCUT2D eigenvalue weighted by Crippen LogP contribution is 2.17. The third kappa shape index (κ3) is 3.31. The van der Waals surface area contributed by atoms with Crippen LogP contribution in [0.4, 0.5) is 5.82 Å². The van der Waals surface area contributed by atoms with Gasteiger partial charge in [-0.2, -0.15) is 5.10 Å². The molecule has 1 unspecified atom stereocenters. The average molecular weight is 309 g/mol. The zero-order valence-electron chi connectivity index (χ0n) is 13.2. The van der Waals surface area contributed by atoms with Crippen molar-refractivity contribution in [2.75, 3.05) is 5.32 Å². The molecule has 3 aromatic heterocycles. The normalized spacial score (nSPS) is 12.1. The standard InChI is InChI=1S/C17H19N5O/c1-3-12(2)21-16-6-5-15(10-18-16)22-11-13(4-7-17(22)23)14-8-19-20-9-14/h4-12H,3H2,1-2H3,(H,18,21)(H,19,20). The molecule has 0 bridgehead atoms. The third-order valence-corrected chi connectivity index (χ3v) is 3.78. The largest absolute Gasteiger partial charge is 0.368 e. The van der Waals surface area contributed by atoms with Crippen molar-refractivity contribution in [1.29, 1.82) is 0 Å². The molecular weight excluding hydrogens is 290 g/mol. The van der Waals surface area contributed by atoms with Crippen LogP contribution in [0.25, 0.3) is 16.8 Å². The van der Waals surface area contributed by atoms with Gasteiger partial charge in [0.05, 0.1) is 18.1 Å². The second-order valence-electron chi connectivity index (χ2n) is 5.47. The van der Waals surface area contributed by atoms with Crippen molar-refractivity contribution in [3.63, 3.8) is 0 Å². The van der Waals surface area contributed by atoms with Crippen LogP contribution in [0, 0.1) is 0 Å². The number of aromatic nitrogens is 4. The molecular formula is C17H19N5O. The summed E-state index contributed by atoms with van der Waals surface area (Å²) in [6.07, 6.45) is 8.04. The lowest BCUT2D eigenvalue weighted by Gasteiger charge is -2.13. The summed E-state index contributed by atoms with van der Waals surface area (Å²) in [6, 6.07) is 7.47. The fourth-order valence-electron chi connectivity index (χ4n) is 2.24. The summed E-state index contributed by atoms with van der Waals surface area (Å²) in [4.78, 5) is 16.5. The minimum Gasteiger partial charge on any atom is -0.368 e. The molecule has 118 valence electrons. The molecule has 0 amide bonds. The number of pyridine rings is 2. The summed E-state index contributed by atoms with van der Waals surface area (Å²) >= 11 is 0. The van der Waals surface area contributed by atoms with Crippen LogP contribution in [-0.2, 0) is 0 Å². The van der Waals surface area contributed by atoms with Crippen LogP contribution in [-0.4, -0.2) is 25.8 Å². The van der Waals surface area contributed by atoms with Crippen molar-refractivity contribution in [3.8, 4) is 16.8 Å². The molecule has 0 radical (unpaired) electrons. The number of nitrogens with zero attached hydrogens (tertiary/aromatic N) is 3. The maximum atomic E-state index is 12.1. The highest BCUT2D eigenvalue weighted by Gasteiger charge is 2.06. The number of hydrogen-bond acceptors (Lipinski definition) is 4. The van der Waals surface area contributed by atoms with Crippen molar-refractivity contribution >= 4 is 5.82 Å². The Morgan fingerprint density at radius 3 is 2.74 bits per heavy atom. The Morgan fingerprint density at radius 1 is 1.22 bits per heavy atom. The molecule has 23 heavy (non-hydrogen) atoms. The molecule has 0 aliphatic carbocycles. The van der Waals surface area contributed by atoms with Crippen LogP contribution in [0.1, 0.15) is 20.3 Å². The van der Waals surface area contributed by atoms with Crippen molar-refractivity contribution in [1.82, 2.24) is 19.7 Å². The predicted octanol–water partition coefficient (Wildman–Crippen LogP) is 2.83. The first-order chi connectivity index (χ1) is 11.2. The lowest BCUT2D eigenvalue weighted by molar-refractivity contribution is 0.759. The lowest BCUT2D eigenvalue weighted by Crippen LogP contribution is -2.17. The van der Waals surface area contributed by atoms with Gasteiger partial charge in [0.15, 0.2) is 0 Å². The molecule has 6 nitrogen and oxygen atoms in total. The van der Waals surface area contributed by atoms with Gasteiger partial charge in [0.1, 0.15) is 5.82 Å². The number of hydrogen-bond donors (Lipinski definition) is 2. The van der Waals surface area contributed by atoms with Crippen LogP contribution in [0.5, 0.6) is 0 Å². The lowest BCUT2D eigenvalue weighted by atomic mass is 10.1. The molecule has 2 N–H and O–H groups in total. The van der Waals surface area contributed by atoms with E-state index in [0.29, 0.717) is 6.04 Å². The molecule has 0 saturated heterocycles. The highest BCUT2D eigenvalue weighted by molar-refractivity contribution is 5.60. The quantitative estimate of drug-likeness (QED) is 0.760. The summed E-state index contributed by atoms with van der Waals surface area (Å²) in [7, 11) is 0. The Balaban J connectivity index is 1.92. The monoisotopic (exact) mass is 309 g/mol. The molecule has 0 fully saturated rings. The molecule has 1 atom stereocenters. The first-order valence-electron chi connectivity index (χ1n) is 7.62. The smallest absolute Gasteiger partial charge is 0.255 e. The van der Waals surface area contributed by atoms with Crippen LogP contribution in [0.15, 0.2) is 53.8 Å². The average Bonchev–Trinajstić information content (AvgIpc) is 3.10. The Labute approximate surface area is 134 Å². The Morgan fingerprint density at radius 2 is 2.09 bits per heavy atom. The minimum absolute atomic E-state index is 0.0957. The summed E-state index contributed by atoms with van der Waals surface area (Å²) < 4.78 is 1.59. The third-order valence-electron chi connectivity index (χ3n) is 3.78. The Hall–Kier alpha value is -2.89. The fraction of sp³-hybridized carbons (Fsp3) is 0.235. The van der Waals surface area contributed by atoms with E-state index in [1.165, 1.54) is 0 Å². The van der Waals surface area contributed by atoms with Gasteiger partial charge >= 0.3 is 0 Å². The van der Waals surface area contributed by atoms with E-state index in [2.05, 4.69) is 34.3 Å².